The molecular weight excluding hydrogens is 276 g/mol. The number of nitrogens with one attached hydrogen (secondary N) is 1. The van der Waals surface area contributed by atoms with E-state index in [1.165, 1.54) is 0 Å². The number of carbonyl (C=O) groups excluding carboxylic acids is 2. The molecule has 1 unspecified atom stereocenters. The van der Waals surface area contributed by atoms with E-state index in [2.05, 4.69) is 5.32 Å². The van der Waals surface area contributed by atoms with Crippen LogP contribution in [0, 0.1) is 5.92 Å². The number of carbonyl (C=O) groups is 2. The van der Waals surface area contributed by atoms with Gasteiger partial charge < -0.3 is 10.2 Å². The molecule has 1 fully saturated rings. The van der Waals surface area contributed by atoms with Crippen LogP contribution in [0.15, 0.2) is 24.3 Å². The minimum Gasteiger partial charge on any atom is -0.351 e. The Kier molecular flexibility index (Phi) is 4.04. The van der Waals surface area contributed by atoms with Crippen LogP contribution in [-0.2, 0) is 9.59 Å². The van der Waals surface area contributed by atoms with Crippen LogP contribution in [0.4, 0.5) is 5.69 Å². The summed E-state index contributed by atoms with van der Waals surface area (Å²) >= 11 is 5.84. The first-order chi connectivity index (χ1) is 9.28. The van der Waals surface area contributed by atoms with E-state index in [0.717, 1.165) is 5.69 Å². The van der Waals surface area contributed by atoms with Crippen molar-refractivity contribution in [2.45, 2.75) is 32.7 Å². The lowest BCUT2D eigenvalue weighted by Gasteiger charge is -2.23. The number of benzene rings is 1. The molecule has 20 heavy (non-hydrogen) atoms. The highest BCUT2D eigenvalue weighted by Gasteiger charge is 2.38. The second-order valence-corrected chi connectivity index (χ2v) is 6.48. The van der Waals surface area contributed by atoms with E-state index in [9.17, 15) is 9.59 Å². The lowest BCUT2D eigenvalue weighted by molar-refractivity contribution is -0.133. The van der Waals surface area contributed by atoms with Crippen LogP contribution in [0.25, 0.3) is 0 Å². The first-order valence-electron chi connectivity index (χ1n) is 6.67. The molecule has 0 bridgehead atoms. The minimum atomic E-state index is -0.593. The largest absolute Gasteiger partial charge is 0.351 e. The van der Waals surface area contributed by atoms with Gasteiger partial charge in [-0.15, -0.1) is 0 Å². The van der Waals surface area contributed by atoms with Crippen LogP contribution in [0.1, 0.15) is 27.2 Å². The van der Waals surface area contributed by atoms with Gasteiger partial charge in [0.1, 0.15) is 5.92 Å². The molecule has 1 aromatic carbocycles. The normalized spacial score (nSPS) is 19.3. The molecule has 1 N–H and O–H groups in total. The third-order valence-corrected chi connectivity index (χ3v) is 3.41. The molecule has 1 aliphatic heterocycles. The van der Waals surface area contributed by atoms with Gasteiger partial charge in [-0.05, 0) is 51.5 Å². The predicted molar refractivity (Wildman–Crippen MR) is 79.8 cm³/mol. The van der Waals surface area contributed by atoms with Crippen molar-refractivity contribution in [3.8, 4) is 0 Å². The van der Waals surface area contributed by atoms with Crippen molar-refractivity contribution in [3.63, 3.8) is 0 Å². The molecule has 0 radical (unpaired) electrons. The van der Waals surface area contributed by atoms with E-state index in [1.807, 2.05) is 20.8 Å². The standard InChI is InChI=1S/C15H19ClN2O2/c1-15(2,3)17-13(19)12-8-9-18(14(12)20)11-6-4-10(16)5-7-11/h4-7,12H,8-9H2,1-3H3,(H,17,19). The monoisotopic (exact) mass is 294 g/mol. The number of halogens is 1. The van der Waals surface area contributed by atoms with E-state index in [1.54, 1.807) is 29.2 Å². The maximum absolute atomic E-state index is 12.4. The van der Waals surface area contributed by atoms with E-state index in [4.69, 9.17) is 11.6 Å². The fourth-order valence-electron chi connectivity index (χ4n) is 2.26. The zero-order valence-corrected chi connectivity index (χ0v) is 12.7. The molecule has 1 aromatic rings. The van der Waals surface area contributed by atoms with Gasteiger partial charge >= 0.3 is 0 Å². The average Bonchev–Trinajstić information content (AvgIpc) is 2.70. The lowest BCUT2D eigenvalue weighted by atomic mass is 10.0. The molecule has 0 spiro atoms. The zero-order chi connectivity index (χ0) is 14.9. The van der Waals surface area contributed by atoms with Crippen molar-refractivity contribution in [1.82, 2.24) is 5.32 Å². The molecule has 0 aromatic heterocycles. The Hall–Kier alpha value is -1.55. The van der Waals surface area contributed by atoms with E-state index >= 15 is 0 Å². The maximum atomic E-state index is 12.4. The molecule has 0 saturated carbocycles. The van der Waals surface area contributed by atoms with Crippen LogP contribution >= 0.6 is 11.6 Å². The van der Waals surface area contributed by atoms with Gasteiger partial charge in [-0.1, -0.05) is 11.6 Å². The molecule has 1 aliphatic rings. The van der Waals surface area contributed by atoms with Crippen molar-refractivity contribution >= 4 is 29.1 Å². The second kappa shape index (κ2) is 5.44. The number of anilines is 1. The number of hydrogen-bond donors (Lipinski definition) is 1. The highest BCUT2D eigenvalue weighted by Crippen LogP contribution is 2.26. The summed E-state index contributed by atoms with van der Waals surface area (Å²) in [4.78, 5) is 26.1. The quantitative estimate of drug-likeness (QED) is 0.853. The molecule has 1 saturated heterocycles. The summed E-state index contributed by atoms with van der Waals surface area (Å²) < 4.78 is 0. The SMILES string of the molecule is CC(C)(C)NC(=O)C1CCN(c2ccc(Cl)cc2)C1=O. The topological polar surface area (TPSA) is 49.4 Å². The first-order valence-corrected chi connectivity index (χ1v) is 7.05. The van der Waals surface area contributed by atoms with Crippen LogP contribution in [0.2, 0.25) is 5.02 Å². The van der Waals surface area contributed by atoms with Crippen LogP contribution in [-0.4, -0.2) is 23.9 Å². The summed E-state index contributed by atoms with van der Waals surface area (Å²) in [6, 6.07) is 7.08. The Bertz CT molecular complexity index is 520. The predicted octanol–water partition coefficient (Wildman–Crippen LogP) is 2.61. The Morgan fingerprint density at radius 2 is 1.90 bits per heavy atom. The van der Waals surface area contributed by atoms with Crippen molar-refractivity contribution in [3.05, 3.63) is 29.3 Å². The summed E-state index contributed by atoms with van der Waals surface area (Å²) in [6.45, 7) is 6.27. The Morgan fingerprint density at radius 3 is 2.45 bits per heavy atom. The minimum absolute atomic E-state index is 0.144. The number of amides is 2. The molecule has 108 valence electrons. The highest BCUT2D eigenvalue weighted by molar-refractivity contribution is 6.30. The molecular formula is C15H19ClN2O2. The van der Waals surface area contributed by atoms with E-state index < -0.39 is 5.92 Å². The summed E-state index contributed by atoms with van der Waals surface area (Å²) in [5.74, 6) is -0.932. The maximum Gasteiger partial charge on any atom is 0.239 e. The number of nitrogens with zero attached hydrogens (tertiary/aromatic N) is 1. The molecule has 2 amide bonds. The number of rotatable bonds is 2. The molecule has 1 heterocycles. The Labute approximate surface area is 124 Å². The summed E-state index contributed by atoms with van der Waals surface area (Å²) in [5.41, 5.74) is 0.455. The number of hydrogen-bond acceptors (Lipinski definition) is 2. The lowest BCUT2D eigenvalue weighted by Crippen LogP contribution is -2.45. The molecule has 1 atom stereocenters. The first kappa shape index (κ1) is 14.9. The van der Waals surface area contributed by atoms with Gasteiger partial charge in [0.05, 0.1) is 0 Å². The smallest absolute Gasteiger partial charge is 0.239 e. The van der Waals surface area contributed by atoms with Crippen molar-refractivity contribution in [2.75, 3.05) is 11.4 Å². The summed E-state index contributed by atoms with van der Waals surface area (Å²) in [7, 11) is 0. The Balaban J connectivity index is 2.09. The second-order valence-electron chi connectivity index (χ2n) is 6.05. The fourth-order valence-corrected chi connectivity index (χ4v) is 2.38. The summed E-state index contributed by atoms with van der Waals surface area (Å²) in [6.07, 6.45) is 0.545. The van der Waals surface area contributed by atoms with Gasteiger partial charge in [-0.3, -0.25) is 9.59 Å². The molecule has 2 rings (SSSR count). The van der Waals surface area contributed by atoms with Gasteiger partial charge in [0.15, 0.2) is 0 Å². The molecule has 4 nitrogen and oxygen atoms in total. The van der Waals surface area contributed by atoms with Gasteiger partial charge in [-0.25, -0.2) is 0 Å². The third kappa shape index (κ3) is 3.31. The summed E-state index contributed by atoms with van der Waals surface area (Å²) in [5, 5.41) is 3.49. The fraction of sp³-hybridized carbons (Fsp3) is 0.467. The van der Waals surface area contributed by atoms with E-state index in [0.29, 0.717) is 18.0 Å². The average molecular weight is 295 g/mol. The van der Waals surface area contributed by atoms with Crippen molar-refractivity contribution in [1.29, 1.82) is 0 Å². The van der Waals surface area contributed by atoms with Crippen LogP contribution < -0.4 is 10.2 Å². The van der Waals surface area contributed by atoms with Crippen molar-refractivity contribution < 1.29 is 9.59 Å². The van der Waals surface area contributed by atoms with E-state index in [-0.39, 0.29) is 17.4 Å². The highest BCUT2D eigenvalue weighted by atomic mass is 35.5. The van der Waals surface area contributed by atoms with Crippen LogP contribution in [0.3, 0.4) is 0 Å². The molecule has 0 aliphatic carbocycles. The third-order valence-electron chi connectivity index (χ3n) is 3.16. The molecule has 5 heteroatoms. The Morgan fingerprint density at radius 1 is 1.30 bits per heavy atom. The van der Waals surface area contributed by atoms with Crippen molar-refractivity contribution in [2.24, 2.45) is 5.92 Å². The van der Waals surface area contributed by atoms with Crippen LogP contribution in [0.5, 0.6) is 0 Å². The zero-order valence-electron chi connectivity index (χ0n) is 11.9. The van der Waals surface area contributed by atoms with Gasteiger partial charge in [0.25, 0.3) is 0 Å². The van der Waals surface area contributed by atoms with Gasteiger partial charge in [0.2, 0.25) is 11.8 Å². The van der Waals surface area contributed by atoms with Gasteiger partial charge in [0, 0.05) is 22.8 Å². The van der Waals surface area contributed by atoms with Gasteiger partial charge in [-0.2, -0.15) is 0 Å².